The quantitative estimate of drug-likeness (QED) is 0.0955. The molecule has 17 heteroatoms. The highest BCUT2D eigenvalue weighted by Crippen LogP contribution is 2.40. The second-order valence-electron chi connectivity index (χ2n) is 17.3. The molecule has 4 aromatic heterocycles. The Morgan fingerprint density at radius 3 is 2.22 bits per heavy atom. The number of fused-ring (bicyclic) bond motifs is 10. The number of benzene rings is 1. The van der Waals surface area contributed by atoms with Crippen molar-refractivity contribution < 1.29 is 23.9 Å². The number of aromatic nitrogens is 5. The number of nitrogens with one attached hydrogen (secondary N) is 7. The van der Waals surface area contributed by atoms with Crippen LogP contribution in [0.4, 0.5) is 11.6 Å². The van der Waals surface area contributed by atoms with Gasteiger partial charge in [0.1, 0.15) is 12.4 Å². The van der Waals surface area contributed by atoms with Gasteiger partial charge in [-0.2, -0.15) is 0 Å². The second kappa shape index (κ2) is 18.2. The number of hydrogen-bond acceptors (Lipinski definition) is 11. The highest BCUT2D eigenvalue weighted by atomic mass is 16.5. The minimum absolute atomic E-state index is 0.000556. The smallest absolute Gasteiger partial charge is 0.253 e. The molecule has 2 unspecified atom stereocenters. The van der Waals surface area contributed by atoms with Crippen LogP contribution >= 0.6 is 0 Å². The minimum atomic E-state index is -0.308. The van der Waals surface area contributed by atoms with Crippen LogP contribution in [0.1, 0.15) is 54.4 Å². The molecule has 7 heterocycles. The summed E-state index contributed by atoms with van der Waals surface area (Å²) in [6, 6.07) is 7.67. The Kier molecular flexibility index (Phi) is 12.1. The third-order valence-corrected chi connectivity index (χ3v) is 12.6. The zero-order valence-corrected chi connectivity index (χ0v) is 37.0. The molecule has 4 amide bonds. The number of hydrogen-bond donors (Lipinski definition) is 7. The molecule has 2 atom stereocenters. The Labute approximate surface area is 376 Å². The van der Waals surface area contributed by atoms with Gasteiger partial charge in [0.05, 0.1) is 51.7 Å². The summed E-state index contributed by atoms with van der Waals surface area (Å²) in [5, 5.41) is 15.1. The lowest BCUT2D eigenvalue weighted by Gasteiger charge is -2.22. The van der Waals surface area contributed by atoms with Crippen LogP contribution in [0.2, 0.25) is 0 Å². The predicted octanol–water partition coefficient (Wildman–Crippen LogP) is 3.45. The fraction of sp³-hybridized carbons (Fsp3) is 0.354. The topological polar surface area (TPSA) is 214 Å². The lowest BCUT2D eigenvalue weighted by molar-refractivity contribution is -0.117. The Bertz CT molecular complexity index is 2740. The van der Waals surface area contributed by atoms with Gasteiger partial charge in [-0.05, 0) is 105 Å². The molecule has 1 saturated heterocycles. The third-order valence-electron chi connectivity index (χ3n) is 12.6. The number of likely N-dealkylation sites (N-methyl/N-ethyl adjacent to an activating group) is 2. The van der Waals surface area contributed by atoms with Gasteiger partial charge in [-0.25, -0.2) is 9.97 Å². The van der Waals surface area contributed by atoms with Crippen LogP contribution < -0.4 is 31.3 Å². The molecule has 0 bridgehead atoms. The van der Waals surface area contributed by atoms with E-state index in [4.69, 9.17) is 14.7 Å². The van der Waals surface area contributed by atoms with Crippen LogP contribution in [0.3, 0.4) is 0 Å². The molecule has 0 spiro atoms. The number of aromatic amines is 2. The Morgan fingerprint density at radius 1 is 0.846 bits per heavy atom. The fourth-order valence-electron chi connectivity index (χ4n) is 9.43. The molecule has 10 rings (SSSR count). The average molecular weight is 879 g/mol. The van der Waals surface area contributed by atoms with E-state index in [1.165, 1.54) is 12.2 Å². The molecular formula is C48H54N12O5. The molecule has 0 radical (unpaired) electrons. The molecule has 1 fully saturated rings. The van der Waals surface area contributed by atoms with E-state index in [-0.39, 0.29) is 35.7 Å². The summed E-state index contributed by atoms with van der Waals surface area (Å²) in [6.45, 7) is 11.1. The molecule has 17 nitrogen and oxygen atoms in total. The molecule has 7 N–H and O–H groups in total. The molecule has 336 valence electrons. The second-order valence-corrected chi connectivity index (χ2v) is 17.3. The largest absolute Gasteiger partial charge is 0.490 e. The third kappa shape index (κ3) is 8.76. The minimum Gasteiger partial charge on any atom is -0.490 e. The van der Waals surface area contributed by atoms with E-state index in [1.54, 1.807) is 0 Å². The number of anilines is 2. The molecule has 2 aliphatic carbocycles. The van der Waals surface area contributed by atoms with E-state index in [0.29, 0.717) is 37.1 Å². The molecule has 5 aromatic rings. The Morgan fingerprint density at radius 2 is 1.51 bits per heavy atom. The van der Waals surface area contributed by atoms with Crippen LogP contribution in [-0.2, 0) is 48.1 Å². The van der Waals surface area contributed by atoms with Crippen molar-refractivity contribution in [2.75, 3.05) is 71.1 Å². The van der Waals surface area contributed by atoms with E-state index in [0.717, 1.165) is 137 Å². The highest BCUT2D eigenvalue weighted by molar-refractivity contribution is 6.02. The van der Waals surface area contributed by atoms with Crippen molar-refractivity contribution in [1.82, 2.24) is 50.7 Å². The summed E-state index contributed by atoms with van der Waals surface area (Å²) < 4.78 is 5.92. The van der Waals surface area contributed by atoms with E-state index in [2.05, 4.69) is 65.7 Å². The van der Waals surface area contributed by atoms with Gasteiger partial charge in [-0.15, -0.1) is 0 Å². The monoisotopic (exact) mass is 878 g/mol. The number of carbonyl (C=O) groups excluding carboxylic acids is 4. The number of likely N-dealkylation sites (tertiary alicyclic amines) is 1. The molecule has 65 heavy (non-hydrogen) atoms. The molecule has 0 saturated carbocycles. The van der Waals surface area contributed by atoms with Crippen molar-refractivity contribution in [1.29, 1.82) is 0 Å². The first-order valence-electron chi connectivity index (χ1n) is 22.1. The van der Waals surface area contributed by atoms with Crippen LogP contribution in [0, 0.1) is 0 Å². The molecule has 1 aromatic carbocycles. The van der Waals surface area contributed by atoms with Crippen molar-refractivity contribution in [2.24, 2.45) is 0 Å². The van der Waals surface area contributed by atoms with Crippen LogP contribution in [-0.4, -0.2) is 131 Å². The SMILES string of the molecule is C=CC(=O)NC1CN(C)CC1Nc1ncc2c(n1)-c1[nH]c3c(c1CC2)C(=O)NCC3.C=CC(=O)Nc1cc(-c2cc3c(cn2)CCc2c-3[nH]c3c2C(=O)NCC3)ccc1OCCN(C)C. The van der Waals surface area contributed by atoms with Gasteiger partial charge in [0.15, 0.2) is 0 Å². The van der Waals surface area contributed by atoms with Crippen molar-refractivity contribution in [3.63, 3.8) is 0 Å². The number of aryl methyl sites for hydroxylation is 2. The van der Waals surface area contributed by atoms with Crippen molar-refractivity contribution in [3.8, 4) is 39.7 Å². The van der Waals surface area contributed by atoms with Gasteiger partial charge >= 0.3 is 0 Å². The summed E-state index contributed by atoms with van der Waals surface area (Å²) in [5.74, 6) is 0.630. The maximum Gasteiger partial charge on any atom is 0.253 e. The first kappa shape index (κ1) is 43.2. The summed E-state index contributed by atoms with van der Waals surface area (Å²) in [4.78, 5) is 74.0. The fourth-order valence-corrected chi connectivity index (χ4v) is 9.43. The lowest BCUT2D eigenvalue weighted by Crippen LogP contribution is -2.45. The van der Waals surface area contributed by atoms with Gasteiger partial charge in [0, 0.05) is 80.5 Å². The lowest BCUT2D eigenvalue weighted by atomic mass is 9.88. The van der Waals surface area contributed by atoms with Crippen LogP contribution in [0.25, 0.3) is 33.9 Å². The number of H-pyrrole nitrogens is 2. The van der Waals surface area contributed by atoms with Gasteiger partial charge in [-0.1, -0.05) is 13.2 Å². The van der Waals surface area contributed by atoms with Gasteiger partial charge in [-0.3, -0.25) is 24.2 Å². The number of rotatable bonds is 11. The maximum atomic E-state index is 12.5. The number of carbonyl (C=O) groups is 4. The Balaban J connectivity index is 0.000000166. The summed E-state index contributed by atoms with van der Waals surface area (Å²) in [6.07, 6.45) is 11.2. The first-order chi connectivity index (χ1) is 31.5. The van der Waals surface area contributed by atoms with Gasteiger partial charge < -0.3 is 51.1 Å². The molecule has 3 aliphatic heterocycles. The van der Waals surface area contributed by atoms with Crippen molar-refractivity contribution in [2.45, 2.75) is 50.6 Å². The zero-order chi connectivity index (χ0) is 45.4. The number of amides is 4. The van der Waals surface area contributed by atoms with Gasteiger partial charge in [0.25, 0.3) is 11.8 Å². The summed E-state index contributed by atoms with van der Waals surface area (Å²) >= 11 is 0. The molecular weight excluding hydrogens is 825 g/mol. The predicted molar refractivity (Wildman–Crippen MR) is 248 cm³/mol. The first-order valence-corrected chi connectivity index (χ1v) is 22.1. The average Bonchev–Trinajstić information content (AvgIpc) is 4.00. The van der Waals surface area contributed by atoms with Gasteiger partial charge in [0.2, 0.25) is 17.8 Å². The van der Waals surface area contributed by atoms with E-state index in [1.807, 2.05) is 56.6 Å². The maximum absolute atomic E-state index is 12.5. The van der Waals surface area contributed by atoms with E-state index < -0.39 is 0 Å². The van der Waals surface area contributed by atoms with Crippen molar-refractivity contribution in [3.05, 3.63) is 107 Å². The number of ether oxygens (including phenoxy) is 1. The van der Waals surface area contributed by atoms with Crippen LogP contribution in [0.5, 0.6) is 5.75 Å². The van der Waals surface area contributed by atoms with Crippen LogP contribution in [0.15, 0.2) is 62.0 Å². The zero-order valence-electron chi connectivity index (χ0n) is 37.0. The van der Waals surface area contributed by atoms with E-state index in [9.17, 15) is 19.2 Å². The summed E-state index contributed by atoms with van der Waals surface area (Å²) in [5.41, 5.74) is 14.1. The standard InChI is InChI=1S/C27H29N5O3.C21H25N7O2/c1-4-24(33)30-22-13-16(6-8-23(22)35-12-11-32(2)3)21-14-19-17(15-29-21)5-7-18-25-20(31-26(18)19)9-10-28-27(25)34;1-3-16(29)24-14-9-28(2)10-15(14)26-21-23-8-11-4-5-12-17-13(6-7-22-20(17)30)25-19(12)18(11)27-21/h4,6,8,13-15,31H,1,5,7,9-12H2,2-3H3,(H,28,34)(H,30,33);3,8,14-15,25H,1,4-7,9-10H2,2H3,(H,22,30)(H,24,29)(H,23,26,27). The van der Waals surface area contributed by atoms with E-state index >= 15 is 0 Å². The normalized spacial score (nSPS) is 17.9. The highest BCUT2D eigenvalue weighted by Gasteiger charge is 2.34. The number of pyridine rings is 1. The summed E-state index contributed by atoms with van der Waals surface area (Å²) in [7, 11) is 5.98. The molecule has 5 aliphatic rings. The number of nitrogens with zero attached hydrogens (tertiary/aromatic N) is 5. The Hall–Kier alpha value is -7.11. The van der Waals surface area contributed by atoms with Crippen molar-refractivity contribution >= 4 is 35.3 Å².